The molecule has 5 heteroatoms. The second kappa shape index (κ2) is 7.89. The van der Waals surface area contributed by atoms with Gasteiger partial charge in [-0.15, -0.1) is 5.92 Å². The molecular weight excluding hydrogens is 354 g/mol. The number of aryl methyl sites for hydroxylation is 2. The second-order valence-electron chi connectivity index (χ2n) is 6.65. The molecule has 0 saturated heterocycles. The van der Waals surface area contributed by atoms with Crippen LogP contribution in [0.25, 0.3) is 0 Å². The maximum Gasteiger partial charge on any atom is 0.231 e. The van der Waals surface area contributed by atoms with Crippen LogP contribution >= 0.6 is 11.8 Å². The molecule has 0 aromatic heterocycles. The van der Waals surface area contributed by atoms with Crippen LogP contribution in [-0.2, 0) is 4.79 Å². The molecule has 2 aromatic rings. The highest BCUT2D eigenvalue weighted by Crippen LogP contribution is 2.35. The van der Waals surface area contributed by atoms with Crippen molar-refractivity contribution in [3.05, 3.63) is 58.7 Å². The molecule has 0 aliphatic carbocycles. The lowest BCUT2D eigenvalue weighted by Crippen LogP contribution is -2.42. The first-order valence-electron chi connectivity index (χ1n) is 8.80. The molecule has 0 spiro atoms. The van der Waals surface area contributed by atoms with Crippen molar-refractivity contribution in [2.24, 2.45) is 10.7 Å². The molecule has 0 saturated carbocycles. The normalized spacial score (nSPS) is 16.6. The number of benzene rings is 2. The fourth-order valence-corrected chi connectivity index (χ4v) is 4.07. The minimum Gasteiger partial charge on any atom is -0.369 e. The van der Waals surface area contributed by atoms with E-state index >= 15 is 0 Å². The van der Waals surface area contributed by atoms with Crippen molar-refractivity contribution in [1.29, 1.82) is 0 Å². The molecule has 1 aliphatic heterocycles. The Kier molecular flexibility index (Phi) is 5.57. The molecule has 138 valence electrons. The third-order valence-electron chi connectivity index (χ3n) is 4.59. The molecule has 1 unspecified atom stereocenters. The summed E-state index contributed by atoms with van der Waals surface area (Å²) in [7, 11) is 1.65. The van der Waals surface area contributed by atoms with Crippen LogP contribution in [0.2, 0.25) is 0 Å². The van der Waals surface area contributed by atoms with E-state index in [2.05, 4.69) is 54.9 Å². The van der Waals surface area contributed by atoms with Gasteiger partial charge in [-0.05, 0) is 61.7 Å². The molecule has 1 aliphatic rings. The van der Waals surface area contributed by atoms with Gasteiger partial charge in [0.2, 0.25) is 5.91 Å². The van der Waals surface area contributed by atoms with E-state index in [9.17, 15) is 4.79 Å². The summed E-state index contributed by atoms with van der Waals surface area (Å²) in [4.78, 5) is 20.2. The number of aliphatic imine (C=N–C) groups is 1. The van der Waals surface area contributed by atoms with Crippen molar-refractivity contribution in [1.82, 2.24) is 4.90 Å². The van der Waals surface area contributed by atoms with E-state index in [-0.39, 0.29) is 17.9 Å². The molecular formula is C22H23N3OS. The van der Waals surface area contributed by atoms with Gasteiger partial charge in [0.05, 0.1) is 12.5 Å². The fraction of sp³-hybridized carbons (Fsp3) is 0.273. The molecule has 2 N–H and O–H groups in total. The highest BCUT2D eigenvalue weighted by molar-refractivity contribution is 7.99. The highest BCUT2D eigenvalue weighted by Gasteiger charge is 2.25. The van der Waals surface area contributed by atoms with Gasteiger partial charge in [-0.2, -0.15) is 0 Å². The number of hydrogen-bond acceptors (Lipinski definition) is 4. The Labute approximate surface area is 164 Å². The molecule has 1 atom stereocenters. The summed E-state index contributed by atoms with van der Waals surface area (Å²) in [6.07, 6.45) is 0.349. The number of carbonyl (C=O) groups excluding carboxylic acids is 1. The van der Waals surface area contributed by atoms with Gasteiger partial charge >= 0.3 is 0 Å². The van der Waals surface area contributed by atoms with Gasteiger partial charge < -0.3 is 5.73 Å². The summed E-state index contributed by atoms with van der Waals surface area (Å²) < 4.78 is 0. The van der Waals surface area contributed by atoms with E-state index in [0.29, 0.717) is 6.42 Å². The van der Waals surface area contributed by atoms with Crippen LogP contribution < -0.4 is 5.73 Å². The zero-order chi connectivity index (χ0) is 19.6. The Bertz CT molecular complexity index is 944. The first kappa shape index (κ1) is 19.1. The number of nitrogens with zero attached hydrogens (tertiary/aromatic N) is 2. The fourth-order valence-electron chi connectivity index (χ4n) is 3.12. The number of amides is 1. The van der Waals surface area contributed by atoms with Crippen molar-refractivity contribution in [2.45, 2.75) is 43.0 Å². The first-order chi connectivity index (χ1) is 12.9. The van der Waals surface area contributed by atoms with E-state index in [1.54, 1.807) is 18.8 Å². The van der Waals surface area contributed by atoms with Gasteiger partial charge in [0.15, 0.2) is 5.96 Å². The van der Waals surface area contributed by atoms with Crippen molar-refractivity contribution in [3.63, 3.8) is 0 Å². The predicted octanol–water partition coefficient (Wildman–Crippen LogP) is 4.04. The predicted molar refractivity (Wildman–Crippen MR) is 111 cm³/mol. The van der Waals surface area contributed by atoms with Crippen LogP contribution in [0.1, 0.15) is 41.6 Å². The van der Waals surface area contributed by atoms with Crippen LogP contribution in [0, 0.1) is 25.7 Å². The highest BCUT2D eigenvalue weighted by atomic mass is 32.2. The lowest BCUT2D eigenvalue weighted by molar-refractivity contribution is -0.127. The zero-order valence-electron chi connectivity index (χ0n) is 16.0. The van der Waals surface area contributed by atoms with E-state index in [1.165, 1.54) is 20.9 Å². The Hall–Kier alpha value is -2.71. The summed E-state index contributed by atoms with van der Waals surface area (Å²) in [6, 6.07) is 12.3. The Morgan fingerprint density at radius 2 is 1.81 bits per heavy atom. The molecule has 2 aromatic carbocycles. The minimum absolute atomic E-state index is 0.00697. The average molecular weight is 378 g/mol. The third kappa shape index (κ3) is 4.17. The molecule has 1 heterocycles. The molecule has 3 rings (SSSR count). The van der Waals surface area contributed by atoms with E-state index < -0.39 is 0 Å². The van der Waals surface area contributed by atoms with E-state index in [0.717, 1.165) is 16.0 Å². The van der Waals surface area contributed by atoms with Gasteiger partial charge in [0.25, 0.3) is 0 Å². The van der Waals surface area contributed by atoms with Crippen molar-refractivity contribution >= 4 is 23.6 Å². The number of guanidine groups is 1. The Morgan fingerprint density at radius 3 is 2.37 bits per heavy atom. The monoisotopic (exact) mass is 377 g/mol. The molecule has 0 fully saturated rings. The maximum atomic E-state index is 12.0. The summed E-state index contributed by atoms with van der Waals surface area (Å²) in [5.41, 5.74) is 10.3. The standard InChI is InChI=1S/C22H23N3OS/c1-5-6-16-11-14(2)21(15(3)12-16)27-18-9-7-17(8-10-18)19-13-20(26)25(4)22(23)24-19/h7-12,19H,13H2,1-4H3,(H2,23,24). The topological polar surface area (TPSA) is 58.7 Å². The van der Waals surface area contributed by atoms with Crippen LogP contribution in [0.3, 0.4) is 0 Å². The van der Waals surface area contributed by atoms with E-state index in [4.69, 9.17) is 5.73 Å². The average Bonchev–Trinajstić information content (AvgIpc) is 2.63. The summed E-state index contributed by atoms with van der Waals surface area (Å²) in [5.74, 6) is 6.34. The zero-order valence-corrected chi connectivity index (χ0v) is 16.9. The van der Waals surface area contributed by atoms with Crippen LogP contribution in [0.5, 0.6) is 0 Å². The lowest BCUT2D eigenvalue weighted by atomic mass is 10.0. The molecule has 0 bridgehead atoms. The number of hydrogen-bond donors (Lipinski definition) is 1. The SMILES string of the molecule is CC#Cc1cc(C)c(Sc2ccc(C3CC(=O)N(C)C(N)=N3)cc2)c(C)c1. The molecule has 27 heavy (non-hydrogen) atoms. The molecule has 1 amide bonds. The van der Waals surface area contributed by atoms with Gasteiger partial charge in [-0.25, -0.2) is 4.99 Å². The Morgan fingerprint density at radius 1 is 1.19 bits per heavy atom. The smallest absolute Gasteiger partial charge is 0.231 e. The van der Waals surface area contributed by atoms with Gasteiger partial charge in [-0.3, -0.25) is 9.69 Å². The first-order valence-corrected chi connectivity index (χ1v) is 9.62. The summed E-state index contributed by atoms with van der Waals surface area (Å²) in [5, 5.41) is 0. The number of rotatable bonds is 3. The number of carbonyl (C=O) groups is 1. The van der Waals surface area contributed by atoms with Crippen molar-refractivity contribution in [2.75, 3.05) is 7.05 Å². The van der Waals surface area contributed by atoms with Gasteiger partial charge in [-0.1, -0.05) is 29.8 Å². The summed E-state index contributed by atoms with van der Waals surface area (Å²) in [6.45, 7) is 6.09. The molecule has 4 nitrogen and oxygen atoms in total. The third-order valence-corrected chi connectivity index (χ3v) is 5.94. The second-order valence-corrected chi connectivity index (χ2v) is 7.73. The van der Waals surface area contributed by atoms with Crippen LogP contribution in [0.15, 0.2) is 51.2 Å². The van der Waals surface area contributed by atoms with Crippen molar-refractivity contribution in [3.8, 4) is 11.8 Å². The minimum atomic E-state index is -0.205. The van der Waals surface area contributed by atoms with Gasteiger partial charge in [0, 0.05) is 22.4 Å². The van der Waals surface area contributed by atoms with Crippen LogP contribution in [-0.4, -0.2) is 23.8 Å². The maximum absolute atomic E-state index is 12.0. The summed E-state index contributed by atoms with van der Waals surface area (Å²) >= 11 is 1.74. The quantitative estimate of drug-likeness (QED) is 0.821. The molecule has 0 radical (unpaired) electrons. The number of nitrogens with two attached hydrogens (primary N) is 1. The lowest BCUT2D eigenvalue weighted by Gasteiger charge is -2.25. The largest absolute Gasteiger partial charge is 0.369 e. The Balaban J connectivity index is 1.81. The van der Waals surface area contributed by atoms with Crippen LogP contribution in [0.4, 0.5) is 0 Å². The van der Waals surface area contributed by atoms with Gasteiger partial charge in [0.1, 0.15) is 0 Å². The van der Waals surface area contributed by atoms with Crippen molar-refractivity contribution < 1.29 is 4.79 Å². The van der Waals surface area contributed by atoms with E-state index in [1.807, 2.05) is 19.1 Å².